The number of oxazole rings is 1. The first-order chi connectivity index (χ1) is 12.5. The molecular weight excluding hydrogens is 364 g/mol. The lowest BCUT2D eigenvalue weighted by atomic mass is 10.1. The van der Waals surface area contributed by atoms with Crippen LogP contribution in [0.1, 0.15) is 17.9 Å². The van der Waals surface area contributed by atoms with E-state index in [1.807, 2.05) is 0 Å². The fourth-order valence-electron chi connectivity index (χ4n) is 2.35. The normalized spacial score (nSPS) is 10.7. The van der Waals surface area contributed by atoms with E-state index in [-0.39, 0.29) is 36.7 Å². The topological polar surface area (TPSA) is 52.3 Å². The lowest BCUT2D eigenvalue weighted by Crippen LogP contribution is -2.06. The molecule has 2 aromatic carbocycles. The molecule has 1 heterocycles. The number of carbonyl (C=O) groups excluding carboxylic acids is 1. The lowest BCUT2D eigenvalue weighted by molar-refractivity contribution is -0.145. The number of aromatic nitrogens is 1. The molecular formula is C19H14ClF2NO3. The Balaban J connectivity index is 1.55. The Morgan fingerprint density at radius 3 is 2.62 bits per heavy atom. The van der Waals surface area contributed by atoms with Crippen molar-refractivity contribution in [1.82, 2.24) is 4.98 Å². The highest BCUT2D eigenvalue weighted by atomic mass is 35.5. The number of esters is 1. The number of hydrogen-bond donors (Lipinski definition) is 0. The van der Waals surface area contributed by atoms with Gasteiger partial charge in [-0.2, -0.15) is 0 Å². The van der Waals surface area contributed by atoms with Gasteiger partial charge in [-0.3, -0.25) is 4.79 Å². The first-order valence-electron chi connectivity index (χ1n) is 7.82. The number of carbonyl (C=O) groups is 1. The molecule has 0 saturated heterocycles. The summed E-state index contributed by atoms with van der Waals surface area (Å²) < 4.78 is 38.0. The van der Waals surface area contributed by atoms with Crippen LogP contribution in [0.5, 0.6) is 0 Å². The Morgan fingerprint density at radius 2 is 1.88 bits per heavy atom. The molecule has 26 heavy (non-hydrogen) atoms. The average molecular weight is 378 g/mol. The van der Waals surface area contributed by atoms with E-state index in [0.29, 0.717) is 5.02 Å². The zero-order chi connectivity index (χ0) is 18.5. The zero-order valence-electron chi connectivity index (χ0n) is 13.5. The summed E-state index contributed by atoms with van der Waals surface area (Å²) in [5, 5.41) is 0.561. The van der Waals surface area contributed by atoms with E-state index in [1.165, 1.54) is 12.3 Å². The van der Waals surface area contributed by atoms with Crippen molar-refractivity contribution in [2.45, 2.75) is 19.4 Å². The summed E-state index contributed by atoms with van der Waals surface area (Å²) >= 11 is 5.86. The summed E-state index contributed by atoms with van der Waals surface area (Å²) in [6.07, 6.45) is 1.42. The van der Waals surface area contributed by atoms with Crippen LogP contribution in [0.15, 0.2) is 53.1 Å². The van der Waals surface area contributed by atoms with E-state index in [9.17, 15) is 13.6 Å². The van der Waals surface area contributed by atoms with Gasteiger partial charge in [-0.25, -0.2) is 13.8 Å². The van der Waals surface area contributed by atoms with Gasteiger partial charge in [0.1, 0.15) is 18.2 Å². The third-order valence-electron chi connectivity index (χ3n) is 3.59. The Morgan fingerprint density at radius 1 is 1.15 bits per heavy atom. The minimum atomic E-state index is -0.742. The number of halogens is 3. The lowest BCUT2D eigenvalue weighted by Gasteiger charge is -2.04. The van der Waals surface area contributed by atoms with Crippen LogP contribution in [0.4, 0.5) is 8.78 Å². The third-order valence-corrected chi connectivity index (χ3v) is 3.83. The number of hydrogen-bond acceptors (Lipinski definition) is 4. The number of benzene rings is 2. The van der Waals surface area contributed by atoms with Crippen LogP contribution in [0.2, 0.25) is 5.02 Å². The maximum atomic E-state index is 13.7. The van der Waals surface area contributed by atoms with Crippen LogP contribution in [-0.2, 0) is 22.6 Å². The van der Waals surface area contributed by atoms with E-state index in [4.69, 9.17) is 20.8 Å². The number of aryl methyl sites for hydroxylation is 1. The minimum absolute atomic E-state index is 0.0251. The van der Waals surface area contributed by atoms with Gasteiger partial charge >= 0.3 is 5.97 Å². The van der Waals surface area contributed by atoms with Crippen LogP contribution in [0.25, 0.3) is 11.3 Å². The molecule has 0 radical (unpaired) electrons. The number of ether oxygens (including phenoxy) is 1. The Hall–Kier alpha value is -2.73. The monoisotopic (exact) mass is 377 g/mol. The van der Waals surface area contributed by atoms with Crippen LogP contribution in [0.3, 0.4) is 0 Å². The highest BCUT2D eigenvalue weighted by Gasteiger charge is 2.16. The molecule has 0 spiro atoms. The SMILES string of the molecule is O=C(CCc1ncc(-c2c(F)cccc2F)o1)OCc1cccc(Cl)c1. The van der Waals surface area contributed by atoms with Crippen LogP contribution in [0, 0.1) is 11.6 Å². The second kappa shape index (κ2) is 8.10. The molecule has 1 aromatic heterocycles. The second-order valence-electron chi connectivity index (χ2n) is 5.51. The standard InChI is InChI=1S/C19H14ClF2NO3/c20-13-4-1-3-12(9-13)11-25-18(24)8-7-17-23-10-16(26-17)19-14(21)5-2-6-15(19)22/h1-6,9-10H,7-8,11H2. The quantitative estimate of drug-likeness (QED) is 0.570. The van der Waals surface area contributed by atoms with Crippen LogP contribution in [-0.4, -0.2) is 11.0 Å². The summed E-state index contributed by atoms with van der Waals surface area (Å²) in [6, 6.07) is 10.5. The Kier molecular flexibility index (Phi) is 5.63. The minimum Gasteiger partial charge on any atom is -0.461 e. The van der Waals surface area contributed by atoms with Crippen LogP contribution >= 0.6 is 11.6 Å². The summed E-state index contributed by atoms with van der Waals surface area (Å²) in [7, 11) is 0. The van der Waals surface area contributed by atoms with Crippen molar-refractivity contribution in [1.29, 1.82) is 0 Å². The Bertz CT molecular complexity index is 906. The van der Waals surface area contributed by atoms with Gasteiger partial charge in [-0.05, 0) is 29.8 Å². The van der Waals surface area contributed by atoms with Gasteiger partial charge in [0.15, 0.2) is 11.7 Å². The second-order valence-corrected chi connectivity index (χ2v) is 5.94. The van der Waals surface area contributed by atoms with Crippen molar-refractivity contribution in [3.05, 3.63) is 76.8 Å². The predicted molar refractivity (Wildman–Crippen MR) is 91.4 cm³/mol. The maximum Gasteiger partial charge on any atom is 0.306 e. The highest BCUT2D eigenvalue weighted by molar-refractivity contribution is 6.30. The summed E-state index contributed by atoms with van der Waals surface area (Å²) in [4.78, 5) is 15.8. The molecule has 0 atom stereocenters. The molecule has 0 aliphatic heterocycles. The van der Waals surface area contributed by atoms with Crippen molar-refractivity contribution < 1.29 is 22.7 Å². The summed E-state index contributed by atoms with van der Waals surface area (Å²) in [6.45, 7) is 0.108. The van der Waals surface area contributed by atoms with E-state index in [2.05, 4.69) is 4.98 Å². The first-order valence-corrected chi connectivity index (χ1v) is 8.20. The molecule has 134 valence electrons. The molecule has 7 heteroatoms. The third kappa shape index (κ3) is 4.46. The molecule has 0 bridgehead atoms. The first kappa shape index (κ1) is 18.1. The molecule has 0 aliphatic rings. The number of nitrogens with zero attached hydrogens (tertiary/aromatic N) is 1. The van der Waals surface area contributed by atoms with Crippen molar-refractivity contribution in [2.75, 3.05) is 0 Å². The van der Waals surface area contributed by atoms with Crippen molar-refractivity contribution in [3.8, 4) is 11.3 Å². The molecule has 0 saturated carbocycles. The zero-order valence-corrected chi connectivity index (χ0v) is 14.3. The van der Waals surface area contributed by atoms with E-state index < -0.39 is 17.6 Å². The molecule has 0 N–H and O–H groups in total. The molecule has 0 aliphatic carbocycles. The summed E-state index contributed by atoms with van der Waals surface area (Å²) in [5.74, 6) is -1.76. The maximum absolute atomic E-state index is 13.7. The van der Waals surface area contributed by atoms with E-state index in [1.54, 1.807) is 24.3 Å². The molecule has 3 rings (SSSR count). The van der Waals surface area contributed by atoms with Gasteiger partial charge < -0.3 is 9.15 Å². The van der Waals surface area contributed by atoms with Gasteiger partial charge in [0, 0.05) is 11.4 Å². The molecule has 0 amide bonds. The van der Waals surface area contributed by atoms with Gasteiger partial charge in [0.05, 0.1) is 18.2 Å². The van der Waals surface area contributed by atoms with Gasteiger partial charge in [-0.15, -0.1) is 0 Å². The fourth-order valence-corrected chi connectivity index (χ4v) is 2.56. The van der Waals surface area contributed by atoms with Crippen molar-refractivity contribution >= 4 is 17.6 Å². The fraction of sp³-hybridized carbons (Fsp3) is 0.158. The largest absolute Gasteiger partial charge is 0.461 e. The van der Waals surface area contributed by atoms with E-state index >= 15 is 0 Å². The predicted octanol–water partition coefficient (Wildman–Crippen LogP) is 4.95. The highest BCUT2D eigenvalue weighted by Crippen LogP contribution is 2.26. The van der Waals surface area contributed by atoms with Gasteiger partial charge in [-0.1, -0.05) is 29.8 Å². The molecule has 3 aromatic rings. The molecule has 0 fully saturated rings. The van der Waals surface area contributed by atoms with Gasteiger partial charge in [0.2, 0.25) is 0 Å². The van der Waals surface area contributed by atoms with Crippen molar-refractivity contribution in [2.24, 2.45) is 0 Å². The average Bonchev–Trinajstić information content (AvgIpc) is 3.07. The van der Waals surface area contributed by atoms with Crippen molar-refractivity contribution in [3.63, 3.8) is 0 Å². The summed E-state index contributed by atoms with van der Waals surface area (Å²) in [5.41, 5.74) is 0.495. The van der Waals surface area contributed by atoms with Crippen LogP contribution < -0.4 is 0 Å². The Labute approximate surface area is 153 Å². The number of rotatable bonds is 6. The smallest absolute Gasteiger partial charge is 0.306 e. The molecule has 0 unspecified atom stereocenters. The van der Waals surface area contributed by atoms with Gasteiger partial charge in [0.25, 0.3) is 0 Å². The molecule has 4 nitrogen and oxygen atoms in total. The van der Waals surface area contributed by atoms with E-state index in [0.717, 1.165) is 17.7 Å².